The predicted molar refractivity (Wildman–Crippen MR) is 122 cm³/mol. The van der Waals surface area contributed by atoms with Gasteiger partial charge in [-0.05, 0) is 31.2 Å². The van der Waals surface area contributed by atoms with Gasteiger partial charge in [-0.15, -0.1) is 0 Å². The number of halogens is 1. The molecule has 4 heterocycles. The predicted octanol–water partition coefficient (Wildman–Crippen LogP) is 2.53. The molecule has 0 aliphatic heterocycles. The molecule has 5 rings (SSSR count). The average Bonchev–Trinajstić information content (AvgIpc) is 3.15. The second-order valence-electron chi connectivity index (χ2n) is 7.15. The molecule has 11 heteroatoms. The highest BCUT2D eigenvalue weighted by molar-refractivity contribution is 6.33. The maximum absolute atomic E-state index is 13.4. The van der Waals surface area contributed by atoms with Crippen molar-refractivity contribution in [3.8, 4) is 5.69 Å². The summed E-state index contributed by atoms with van der Waals surface area (Å²) in [5, 5.41) is 8.36. The fraction of sp³-hybridized carbons (Fsp3) is 0.0952. The number of H-pyrrole nitrogens is 1. The Morgan fingerprint density at radius 1 is 1.12 bits per heavy atom. The van der Waals surface area contributed by atoms with Gasteiger partial charge in [0.2, 0.25) is 5.95 Å². The molecule has 4 aromatic heterocycles. The van der Waals surface area contributed by atoms with Crippen LogP contribution >= 0.6 is 11.6 Å². The highest BCUT2D eigenvalue weighted by atomic mass is 35.5. The Morgan fingerprint density at radius 3 is 2.69 bits per heavy atom. The fourth-order valence-corrected chi connectivity index (χ4v) is 3.86. The minimum Gasteiger partial charge on any atom is -0.368 e. The van der Waals surface area contributed by atoms with Gasteiger partial charge in [0, 0.05) is 12.4 Å². The van der Waals surface area contributed by atoms with E-state index in [2.05, 4.69) is 25.4 Å². The third kappa shape index (κ3) is 3.17. The molecule has 1 aromatic carbocycles. The Hall–Kier alpha value is -4.18. The van der Waals surface area contributed by atoms with Gasteiger partial charge in [0.15, 0.2) is 5.82 Å². The molecule has 0 aliphatic rings. The molecule has 10 nitrogen and oxygen atoms in total. The highest BCUT2D eigenvalue weighted by Gasteiger charge is 2.21. The number of para-hydroxylation sites is 1. The number of fused-ring (bicyclic) bond motifs is 2. The van der Waals surface area contributed by atoms with E-state index in [1.165, 1.54) is 15.3 Å². The van der Waals surface area contributed by atoms with Crippen molar-refractivity contribution in [2.24, 2.45) is 0 Å². The zero-order chi connectivity index (χ0) is 22.4. The number of nitrogens with zero attached hydrogens (tertiary/aromatic N) is 5. The summed E-state index contributed by atoms with van der Waals surface area (Å²) in [5.74, 6) is 0.638. The number of anilines is 2. The van der Waals surface area contributed by atoms with E-state index in [0.717, 1.165) is 0 Å². The van der Waals surface area contributed by atoms with Crippen LogP contribution in [0.3, 0.4) is 0 Å². The third-order valence-electron chi connectivity index (χ3n) is 5.05. The number of benzene rings is 1. The number of hydrogen-bond donors (Lipinski definition) is 3. The molecule has 0 saturated carbocycles. The van der Waals surface area contributed by atoms with Crippen LogP contribution in [0.2, 0.25) is 5.02 Å². The largest absolute Gasteiger partial charge is 0.368 e. The second-order valence-corrected chi connectivity index (χ2v) is 7.56. The molecule has 0 radical (unpaired) electrons. The van der Waals surface area contributed by atoms with Crippen LogP contribution in [0.1, 0.15) is 18.8 Å². The maximum Gasteiger partial charge on any atom is 0.284 e. The van der Waals surface area contributed by atoms with E-state index >= 15 is 0 Å². The van der Waals surface area contributed by atoms with Crippen molar-refractivity contribution in [2.45, 2.75) is 13.0 Å². The molecular formula is C21H17ClN8O2. The van der Waals surface area contributed by atoms with E-state index < -0.39 is 6.04 Å². The zero-order valence-corrected chi connectivity index (χ0v) is 17.5. The number of nitrogen functional groups attached to an aromatic ring is 1. The number of hydrogen-bond acceptors (Lipinski definition) is 7. The highest BCUT2D eigenvalue weighted by Crippen LogP contribution is 2.24. The van der Waals surface area contributed by atoms with Crippen molar-refractivity contribution in [1.82, 2.24) is 29.1 Å². The van der Waals surface area contributed by atoms with E-state index in [9.17, 15) is 9.59 Å². The second kappa shape index (κ2) is 7.50. The maximum atomic E-state index is 13.4. The first-order valence-electron chi connectivity index (χ1n) is 9.70. The van der Waals surface area contributed by atoms with Crippen LogP contribution in [0.15, 0.2) is 64.4 Å². The van der Waals surface area contributed by atoms with Gasteiger partial charge < -0.3 is 16.0 Å². The third-order valence-corrected chi connectivity index (χ3v) is 5.36. The van der Waals surface area contributed by atoms with Crippen LogP contribution in [0, 0.1) is 0 Å². The van der Waals surface area contributed by atoms with Crippen LogP contribution in [-0.4, -0.2) is 29.1 Å². The molecule has 4 N–H and O–H groups in total. The lowest BCUT2D eigenvalue weighted by Gasteiger charge is -2.20. The molecule has 0 fully saturated rings. The summed E-state index contributed by atoms with van der Waals surface area (Å²) in [7, 11) is 0. The summed E-state index contributed by atoms with van der Waals surface area (Å²) < 4.78 is 2.92. The van der Waals surface area contributed by atoms with Crippen molar-refractivity contribution in [3.63, 3.8) is 0 Å². The summed E-state index contributed by atoms with van der Waals surface area (Å²) in [6, 6.07) is 11.8. The fourth-order valence-electron chi connectivity index (χ4n) is 3.64. The smallest absolute Gasteiger partial charge is 0.284 e. The molecular weight excluding hydrogens is 432 g/mol. The van der Waals surface area contributed by atoms with Gasteiger partial charge in [-0.2, -0.15) is 10.1 Å². The SMILES string of the molecule is C[C@H](Nc1nc(N)nc2cc[nH]c(=O)c12)c1nn2ccc(Cl)c2c(=O)n1-c1ccccc1. The number of nitrogens with two attached hydrogens (primary N) is 1. The number of pyridine rings is 1. The number of nitrogens with one attached hydrogen (secondary N) is 2. The van der Waals surface area contributed by atoms with Gasteiger partial charge in [-0.1, -0.05) is 29.8 Å². The van der Waals surface area contributed by atoms with Crippen molar-refractivity contribution < 1.29 is 0 Å². The summed E-state index contributed by atoms with van der Waals surface area (Å²) in [4.78, 5) is 36.8. The lowest BCUT2D eigenvalue weighted by molar-refractivity contribution is 0.673. The van der Waals surface area contributed by atoms with Crippen molar-refractivity contribution in [1.29, 1.82) is 0 Å². The van der Waals surface area contributed by atoms with Crippen molar-refractivity contribution in [3.05, 3.63) is 86.4 Å². The molecule has 1 atom stereocenters. The Balaban J connectivity index is 1.71. The summed E-state index contributed by atoms with van der Waals surface area (Å²) >= 11 is 6.24. The van der Waals surface area contributed by atoms with Gasteiger partial charge in [-0.3, -0.25) is 14.2 Å². The van der Waals surface area contributed by atoms with Gasteiger partial charge in [0.25, 0.3) is 11.1 Å². The van der Waals surface area contributed by atoms with E-state index in [1.54, 1.807) is 37.4 Å². The lowest BCUT2D eigenvalue weighted by Crippen LogP contribution is -2.29. The minimum atomic E-state index is -0.550. The first kappa shape index (κ1) is 19.8. The Kier molecular flexibility index (Phi) is 4.63. The standard InChI is InChI=1S/C21H17ClN8O2/c1-11(25-17-15-14(26-21(23)27-17)7-9-24-19(15)31)18-28-29-10-8-13(22)16(29)20(32)30(18)12-5-3-2-4-6-12/h2-11H,1H3,(H,24,31)(H3,23,25,26,27)/t11-/m0/s1. The molecule has 160 valence electrons. The Labute approximate surface area is 185 Å². The van der Waals surface area contributed by atoms with Crippen LogP contribution in [-0.2, 0) is 0 Å². The van der Waals surface area contributed by atoms with Crippen LogP contribution in [0.25, 0.3) is 22.1 Å². The summed E-state index contributed by atoms with van der Waals surface area (Å²) in [5.41, 5.74) is 6.45. The van der Waals surface area contributed by atoms with Crippen LogP contribution < -0.4 is 22.2 Å². The lowest BCUT2D eigenvalue weighted by atomic mass is 10.2. The van der Waals surface area contributed by atoms with Crippen molar-refractivity contribution >= 4 is 39.8 Å². The van der Waals surface area contributed by atoms with E-state index in [-0.39, 0.29) is 33.8 Å². The van der Waals surface area contributed by atoms with Gasteiger partial charge >= 0.3 is 0 Å². The van der Waals surface area contributed by atoms with Gasteiger partial charge in [0.1, 0.15) is 16.7 Å². The minimum absolute atomic E-state index is 0.0128. The van der Waals surface area contributed by atoms with E-state index in [0.29, 0.717) is 22.1 Å². The Bertz CT molecular complexity index is 1590. The van der Waals surface area contributed by atoms with Crippen LogP contribution in [0.5, 0.6) is 0 Å². The normalized spacial score (nSPS) is 12.3. The molecule has 5 aromatic rings. The van der Waals surface area contributed by atoms with Crippen LogP contribution in [0.4, 0.5) is 11.8 Å². The summed E-state index contributed by atoms with van der Waals surface area (Å²) in [6.45, 7) is 1.80. The zero-order valence-electron chi connectivity index (χ0n) is 16.8. The molecule has 0 amide bonds. The molecule has 0 spiro atoms. The van der Waals surface area contributed by atoms with Crippen molar-refractivity contribution in [2.75, 3.05) is 11.1 Å². The average molecular weight is 449 g/mol. The topological polar surface area (TPSA) is 136 Å². The Morgan fingerprint density at radius 2 is 1.91 bits per heavy atom. The number of rotatable bonds is 4. The molecule has 0 aliphatic carbocycles. The molecule has 0 bridgehead atoms. The van der Waals surface area contributed by atoms with Gasteiger partial charge in [0.05, 0.1) is 22.3 Å². The summed E-state index contributed by atoms with van der Waals surface area (Å²) in [6.07, 6.45) is 3.11. The van der Waals surface area contributed by atoms with E-state index in [4.69, 9.17) is 17.3 Å². The molecule has 0 unspecified atom stereocenters. The van der Waals surface area contributed by atoms with E-state index in [1.807, 2.05) is 18.2 Å². The quantitative estimate of drug-likeness (QED) is 0.384. The number of aromatic amines is 1. The first-order valence-corrected chi connectivity index (χ1v) is 10.1. The monoisotopic (exact) mass is 448 g/mol. The number of aromatic nitrogens is 6. The van der Waals surface area contributed by atoms with Gasteiger partial charge in [-0.25, -0.2) is 9.50 Å². The molecule has 0 saturated heterocycles. The first-order chi connectivity index (χ1) is 15.4. The molecule has 32 heavy (non-hydrogen) atoms.